The first-order valence-electron chi connectivity index (χ1n) is 4.25. The highest BCUT2D eigenvalue weighted by Crippen LogP contribution is 2.17. The summed E-state index contributed by atoms with van der Waals surface area (Å²) in [6.45, 7) is 9.78. The molecule has 0 saturated carbocycles. The lowest BCUT2D eigenvalue weighted by molar-refractivity contribution is -0.107. The minimum atomic E-state index is -0.388. The SMILES string of the molecule is CCC(C)(C)OC(C)[C@H](C)O. The normalized spacial score (nSPS) is 18.0. The number of hydrogen-bond donors (Lipinski definition) is 1. The Bertz CT molecular complexity index is 108. The first-order chi connectivity index (χ1) is 4.89. The number of aliphatic hydroxyl groups is 1. The highest BCUT2D eigenvalue weighted by atomic mass is 16.5. The lowest BCUT2D eigenvalue weighted by atomic mass is 10.1. The second-order valence-electron chi connectivity index (χ2n) is 3.68. The molecule has 0 amide bonds. The summed E-state index contributed by atoms with van der Waals surface area (Å²) in [5.74, 6) is 0. The van der Waals surface area contributed by atoms with Crippen LogP contribution in [0.15, 0.2) is 0 Å². The van der Waals surface area contributed by atoms with Crippen molar-refractivity contribution in [3.05, 3.63) is 0 Å². The highest BCUT2D eigenvalue weighted by Gasteiger charge is 2.21. The molecule has 0 aromatic heterocycles. The van der Waals surface area contributed by atoms with Crippen molar-refractivity contribution in [3.63, 3.8) is 0 Å². The average Bonchev–Trinajstić information content (AvgIpc) is 1.87. The van der Waals surface area contributed by atoms with Crippen molar-refractivity contribution in [1.82, 2.24) is 0 Å². The van der Waals surface area contributed by atoms with Crippen LogP contribution in [0.1, 0.15) is 41.0 Å². The molecule has 2 heteroatoms. The fourth-order valence-electron chi connectivity index (χ4n) is 0.685. The van der Waals surface area contributed by atoms with Crippen molar-refractivity contribution in [1.29, 1.82) is 0 Å². The molecule has 0 fully saturated rings. The molecule has 0 aliphatic rings. The third-order valence-electron chi connectivity index (χ3n) is 2.04. The van der Waals surface area contributed by atoms with Gasteiger partial charge in [-0.3, -0.25) is 0 Å². The molecular formula is C9H20O2. The number of rotatable bonds is 4. The molecular weight excluding hydrogens is 140 g/mol. The predicted molar refractivity (Wildman–Crippen MR) is 46.6 cm³/mol. The Kier molecular flexibility index (Phi) is 4.04. The molecule has 0 bridgehead atoms. The molecule has 0 saturated heterocycles. The van der Waals surface area contributed by atoms with Crippen LogP contribution in [0.5, 0.6) is 0 Å². The zero-order valence-corrected chi connectivity index (χ0v) is 8.22. The third-order valence-corrected chi connectivity index (χ3v) is 2.04. The van der Waals surface area contributed by atoms with Gasteiger partial charge in [-0.1, -0.05) is 6.92 Å². The van der Waals surface area contributed by atoms with Crippen LogP contribution in [0.25, 0.3) is 0 Å². The van der Waals surface area contributed by atoms with Gasteiger partial charge in [0.25, 0.3) is 0 Å². The molecule has 0 heterocycles. The second-order valence-corrected chi connectivity index (χ2v) is 3.68. The summed E-state index contributed by atoms with van der Waals surface area (Å²) in [5, 5.41) is 9.15. The topological polar surface area (TPSA) is 29.5 Å². The molecule has 2 nitrogen and oxygen atoms in total. The molecule has 0 aliphatic carbocycles. The summed E-state index contributed by atoms with van der Waals surface area (Å²) in [6.07, 6.45) is 0.495. The smallest absolute Gasteiger partial charge is 0.0810 e. The van der Waals surface area contributed by atoms with Gasteiger partial charge in [0.15, 0.2) is 0 Å². The van der Waals surface area contributed by atoms with Gasteiger partial charge in [0.2, 0.25) is 0 Å². The summed E-state index contributed by atoms with van der Waals surface area (Å²) in [6, 6.07) is 0. The second kappa shape index (κ2) is 4.07. The minimum absolute atomic E-state index is 0.0788. The van der Waals surface area contributed by atoms with Crippen LogP contribution in [0.3, 0.4) is 0 Å². The van der Waals surface area contributed by atoms with Gasteiger partial charge >= 0.3 is 0 Å². The molecule has 2 atom stereocenters. The van der Waals surface area contributed by atoms with E-state index in [9.17, 15) is 0 Å². The van der Waals surface area contributed by atoms with E-state index in [1.807, 2.05) is 20.8 Å². The summed E-state index contributed by atoms with van der Waals surface area (Å²) >= 11 is 0. The zero-order chi connectivity index (χ0) is 9.07. The van der Waals surface area contributed by atoms with Gasteiger partial charge in [0.05, 0.1) is 17.8 Å². The molecule has 68 valence electrons. The van der Waals surface area contributed by atoms with E-state index < -0.39 is 0 Å². The fourth-order valence-corrected chi connectivity index (χ4v) is 0.685. The number of ether oxygens (including phenoxy) is 1. The van der Waals surface area contributed by atoms with E-state index in [4.69, 9.17) is 9.84 Å². The minimum Gasteiger partial charge on any atom is -0.391 e. The van der Waals surface area contributed by atoms with E-state index in [0.29, 0.717) is 0 Å². The average molecular weight is 160 g/mol. The summed E-state index contributed by atoms with van der Waals surface area (Å²) in [7, 11) is 0. The fraction of sp³-hybridized carbons (Fsp3) is 1.00. The van der Waals surface area contributed by atoms with Gasteiger partial charge in [-0.2, -0.15) is 0 Å². The molecule has 0 aromatic carbocycles. The van der Waals surface area contributed by atoms with Crippen molar-refractivity contribution < 1.29 is 9.84 Å². The summed E-state index contributed by atoms with van der Waals surface area (Å²) in [4.78, 5) is 0. The Morgan fingerprint density at radius 1 is 1.36 bits per heavy atom. The van der Waals surface area contributed by atoms with E-state index in [-0.39, 0.29) is 17.8 Å². The zero-order valence-electron chi connectivity index (χ0n) is 8.22. The first-order valence-corrected chi connectivity index (χ1v) is 4.25. The maximum atomic E-state index is 9.15. The molecule has 1 N–H and O–H groups in total. The van der Waals surface area contributed by atoms with E-state index in [1.54, 1.807) is 6.92 Å². The van der Waals surface area contributed by atoms with Gasteiger partial charge in [-0.25, -0.2) is 0 Å². The van der Waals surface area contributed by atoms with Crippen LogP contribution in [0.4, 0.5) is 0 Å². The van der Waals surface area contributed by atoms with Crippen molar-refractivity contribution in [3.8, 4) is 0 Å². The molecule has 0 radical (unpaired) electrons. The monoisotopic (exact) mass is 160 g/mol. The van der Waals surface area contributed by atoms with Gasteiger partial charge in [-0.15, -0.1) is 0 Å². The van der Waals surface area contributed by atoms with Crippen molar-refractivity contribution in [2.45, 2.75) is 58.8 Å². The van der Waals surface area contributed by atoms with Crippen molar-refractivity contribution in [2.75, 3.05) is 0 Å². The molecule has 1 unspecified atom stereocenters. The molecule has 0 spiro atoms. The van der Waals surface area contributed by atoms with E-state index in [1.165, 1.54) is 0 Å². The molecule has 0 rings (SSSR count). The third kappa shape index (κ3) is 4.38. The standard InChI is InChI=1S/C9H20O2/c1-6-9(4,5)11-8(3)7(2)10/h7-8,10H,6H2,1-5H3/t7-,8?/m0/s1. The van der Waals surface area contributed by atoms with Crippen LogP contribution in [-0.4, -0.2) is 22.9 Å². The Morgan fingerprint density at radius 2 is 1.82 bits per heavy atom. The van der Waals surface area contributed by atoms with Crippen molar-refractivity contribution in [2.24, 2.45) is 0 Å². The van der Waals surface area contributed by atoms with Crippen LogP contribution in [0.2, 0.25) is 0 Å². The van der Waals surface area contributed by atoms with Gasteiger partial charge in [-0.05, 0) is 34.1 Å². The maximum Gasteiger partial charge on any atom is 0.0810 e. The van der Waals surface area contributed by atoms with Crippen LogP contribution >= 0.6 is 0 Å². The highest BCUT2D eigenvalue weighted by molar-refractivity contribution is 4.69. The number of hydrogen-bond acceptors (Lipinski definition) is 2. The lowest BCUT2D eigenvalue weighted by Gasteiger charge is -2.29. The predicted octanol–water partition coefficient (Wildman–Crippen LogP) is 1.96. The molecule has 0 aliphatic heterocycles. The van der Waals surface area contributed by atoms with Crippen LogP contribution in [0, 0.1) is 0 Å². The van der Waals surface area contributed by atoms with Crippen molar-refractivity contribution >= 4 is 0 Å². The number of aliphatic hydroxyl groups excluding tert-OH is 1. The summed E-state index contributed by atoms with van der Waals surface area (Å²) in [5.41, 5.74) is -0.115. The first kappa shape index (κ1) is 10.9. The molecule has 11 heavy (non-hydrogen) atoms. The van der Waals surface area contributed by atoms with Gasteiger partial charge < -0.3 is 9.84 Å². The van der Waals surface area contributed by atoms with E-state index >= 15 is 0 Å². The Morgan fingerprint density at radius 3 is 2.09 bits per heavy atom. The molecule has 0 aromatic rings. The Hall–Kier alpha value is -0.0800. The quantitative estimate of drug-likeness (QED) is 0.681. The summed E-state index contributed by atoms with van der Waals surface area (Å²) < 4.78 is 5.60. The lowest BCUT2D eigenvalue weighted by Crippen LogP contribution is -2.34. The largest absolute Gasteiger partial charge is 0.391 e. The van der Waals surface area contributed by atoms with Gasteiger partial charge in [0.1, 0.15) is 0 Å². The van der Waals surface area contributed by atoms with E-state index in [0.717, 1.165) is 6.42 Å². The van der Waals surface area contributed by atoms with Crippen LogP contribution < -0.4 is 0 Å². The Labute approximate surface area is 69.6 Å². The Balaban J connectivity index is 3.83. The van der Waals surface area contributed by atoms with Gasteiger partial charge in [0, 0.05) is 0 Å². The van der Waals surface area contributed by atoms with E-state index in [2.05, 4.69) is 6.92 Å². The van der Waals surface area contributed by atoms with Crippen LogP contribution in [-0.2, 0) is 4.74 Å². The maximum absolute atomic E-state index is 9.15.